The Hall–Kier alpha value is -1.67. The fraction of sp³-hybridized carbons (Fsp3) is 0.467. The molecule has 0 bridgehead atoms. The standard InChI is InChI=1S/C15H18F3N3OS/c1-4-19-8(2)7-20-13(22)12-9(3)10-5-6-11(15(16,17)18)21-14(10)23-12/h5-6,8,19H,4,7H2,1-3H3,(H,20,22)/t8-/m1/s1. The first-order valence-corrected chi connectivity index (χ1v) is 8.04. The van der Waals surface area contributed by atoms with Crippen LogP contribution in [0.25, 0.3) is 10.2 Å². The van der Waals surface area contributed by atoms with E-state index in [-0.39, 0.29) is 16.8 Å². The summed E-state index contributed by atoms with van der Waals surface area (Å²) in [6.45, 7) is 6.87. The molecule has 0 aliphatic rings. The molecule has 1 amide bonds. The summed E-state index contributed by atoms with van der Waals surface area (Å²) in [5.74, 6) is -0.288. The van der Waals surface area contributed by atoms with Gasteiger partial charge in [0.2, 0.25) is 0 Å². The maximum atomic E-state index is 12.7. The molecule has 2 heterocycles. The molecule has 0 saturated heterocycles. The number of fused-ring (bicyclic) bond motifs is 1. The van der Waals surface area contributed by atoms with Gasteiger partial charge in [0.1, 0.15) is 10.5 Å². The van der Waals surface area contributed by atoms with Gasteiger partial charge in [-0.05, 0) is 38.1 Å². The van der Waals surface area contributed by atoms with Crippen LogP contribution in [0.2, 0.25) is 0 Å². The van der Waals surface area contributed by atoms with E-state index in [1.807, 2.05) is 13.8 Å². The molecule has 2 aromatic heterocycles. The number of carbonyl (C=O) groups is 1. The summed E-state index contributed by atoms with van der Waals surface area (Å²) in [4.78, 5) is 16.5. The van der Waals surface area contributed by atoms with Gasteiger partial charge >= 0.3 is 6.18 Å². The van der Waals surface area contributed by atoms with E-state index in [1.54, 1.807) is 6.92 Å². The molecule has 4 nitrogen and oxygen atoms in total. The van der Waals surface area contributed by atoms with E-state index in [1.165, 1.54) is 6.07 Å². The fourth-order valence-electron chi connectivity index (χ4n) is 2.22. The van der Waals surface area contributed by atoms with E-state index in [2.05, 4.69) is 15.6 Å². The van der Waals surface area contributed by atoms with E-state index < -0.39 is 11.9 Å². The average molecular weight is 345 g/mol. The Bertz CT molecular complexity index is 712. The second-order valence-corrected chi connectivity index (χ2v) is 6.27. The summed E-state index contributed by atoms with van der Waals surface area (Å²) in [7, 11) is 0. The van der Waals surface area contributed by atoms with Gasteiger partial charge in [0, 0.05) is 18.0 Å². The summed E-state index contributed by atoms with van der Waals surface area (Å²) >= 11 is 0.984. The van der Waals surface area contributed by atoms with E-state index >= 15 is 0 Å². The second kappa shape index (κ2) is 6.84. The Morgan fingerprint density at radius 3 is 2.70 bits per heavy atom. The minimum Gasteiger partial charge on any atom is -0.350 e. The lowest BCUT2D eigenvalue weighted by molar-refractivity contribution is -0.140. The molecular weight excluding hydrogens is 327 g/mol. The number of halogens is 3. The van der Waals surface area contributed by atoms with Gasteiger partial charge in [0.25, 0.3) is 5.91 Å². The normalized spacial score (nSPS) is 13.3. The smallest absolute Gasteiger partial charge is 0.350 e. The molecule has 0 aromatic carbocycles. The van der Waals surface area contributed by atoms with Crippen LogP contribution in [0.5, 0.6) is 0 Å². The predicted molar refractivity (Wildman–Crippen MR) is 84.8 cm³/mol. The summed E-state index contributed by atoms with van der Waals surface area (Å²) in [5.41, 5.74) is -0.293. The van der Waals surface area contributed by atoms with Crippen LogP contribution in [0, 0.1) is 6.92 Å². The summed E-state index contributed by atoms with van der Waals surface area (Å²) < 4.78 is 38.2. The average Bonchev–Trinajstić information content (AvgIpc) is 2.81. The molecule has 0 unspecified atom stereocenters. The van der Waals surface area contributed by atoms with Crippen molar-refractivity contribution < 1.29 is 18.0 Å². The Balaban J connectivity index is 2.24. The van der Waals surface area contributed by atoms with Crippen molar-refractivity contribution in [3.63, 3.8) is 0 Å². The highest BCUT2D eigenvalue weighted by Crippen LogP contribution is 2.34. The molecular formula is C15H18F3N3OS. The van der Waals surface area contributed by atoms with Crippen LogP contribution in [0.4, 0.5) is 13.2 Å². The molecule has 0 radical (unpaired) electrons. The summed E-state index contributed by atoms with van der Waals surface area (Å²) in [6.07, 6.45) is -4.49. The van der Waals surface area contributed by atoms with Crippen molar-refractivity contribution in [1.29, 1.82) is 0 Å². The van der Waals surface area contributed by atoms with Crippen LogP contribution in [0.1, 0.15) is 34.8 Å². The van der Waals surface area contributed by atoms with Crippen molar-refractivity contribution >= 4 is 27.5 Å². The molecule has 0 aliphatic carbocycles. The molecule has 0 spiro atoms. The number of aryl methyl sites for hydroxylation is 1. The van der Waals surface area contributed by atoms with E-state index in [0.717, 1.165) is 23.9 Å². The molecule has 23 heavy (non-hydrogen) atoms. The third kappa shape index (κ3) is 4.00. The number of pyridine rings is 1. The Morgan fingerprint density at radius 2 is 2.09 bits per heavy atom. The summed E-state index contributed by atoms with van der Waals surface area (Å²) in [5, 5.41) is 6.53. The second-order valence-electron chi connectivity index (χ2n) is 5.27. The topological polar surface area (TPSA) is 54.0 Å². The van der Waals surface area contributed by atoms with Crippen molar-refractivity contribution in [2.45, 2.75) is 33.0 Å². The zero-order valence-corrected chi connectivity index (χ0v) is 13.9. The number of hydrogen-bond donors (Lipinski definition) is 2. The number of rotatable bonds is 5. The molecule has 126 valence electrons. The van der Waals surface area contributed by atoms with Gasteiger partial charge in [-0.3, -0.25) is 4.79 Å². The van der Waals surface area contributed by atoms with Gasteiger partial charge in [-0.25, -0.2) is 4.98 Å². The number of nitrogens with zero attached hydrogens (tertiary/aromatic N) is 1. The van der Waals surface area contributed by atoms with Crippen LogP contribution in [0.15, 0.2) is 12.1 Å². The predicted octanol–water partition coefficient (Wildman–Crippen LogP) is 3.35. The van der Waals surface area contributed by atoms with Crippen molar-refractivity contribution in [2.75, 3.05) is 13.1 Å². The van der Waals surface area contributed by atoms with Crippen LogP contribution in [-0.2, 0) is 6.18 Å². The number of thiophene rings is 1. The van der Waals surface area contributed by atoms with Crippen LogP contribution < -0.4 is 10.6 Å². The fourth-order valence-corrected chi connectivity index (χ4v) is 3.32. The first kappa shape index (κ1) is 17.7. The highest BCUT2D eigenvalue weighted by atomic mass is 32.1. The molecule has 2 rings (SSSR count). The van der Waals surface area contributed by atoms with E-state index in [4.69, 9.17) is 0 Å². The minimum absolute atomic E-state index is 0.119. The highest BCUT2D eigenvalue weighted by molar-refractivity contribution is 7.20. The number of amides is 1. The SMILES string of the molecule is CCN[C@H](C)CNC(=O)c1sc2nc(C(F)(F)F)ccc2c1C. The Labute approximate surface area is 136 Å². The zero-order chi connectivity index (χ0) is 17.2. The molecule has 8 heteroatoms. The third-order valence-electron chi connectivity index (χ3n) is 3.42. The van der Waals surface area contributed by atoms with E-state index in [9.17, 15) is 18.0 Å². The lowest BCUT2D eigenvalue weighted by Crippen LogP contribution is -2.38. The van der Waals surface area contributed by atoms with Gasteiger partial charge in [-0.1, -0.05) is 6.92 Å². The largest absolute Gasteiger partial charge is 0.433 e. The number of aromatic nitrogens is 1. The molecule has 2 aromatic rings. The maximum absolute atomic E-state index is 12.7. The van der Waals surface area contributed by atoms with Gasteiger partial charge in [-0.2, -0.15) is 13.2 Å². The van der Waals surface area contributed by atoms with Crippen molar-refractivity contribution in [2.24, 2.45) is 0 Å². The number of nitrogens with one attached hydrogen (secondary N) is 2. The van der Waals surface area contributed by atoms with Crippen LogP contribution in [0.3, 0.4) is 0 Å². The zero-order valence-electron chi connectivity index (χ0n) is 13.0. The monoisotopic (exact) mass is 345 g/mol. The lowest BCUT2D eigenvalue weighted by atomic mass is 10.1. The first-order valence-electron chi connectivity index (χ1n) is 7.23. The third-order valence-corrected chi connectivity index (χ3v) is 4.62. The number of alkyl halides is 3. The van der Waals surface area contributed by atoms with Gasteiger partial charge in [0.15, 0.2) is 0 Å². The molecule has 2 N–H and O–H groups in total. The molecule has 0 aliphatic heterocycles. The molecule has 0 saturated carbocycles. The minimum atomic E-state index is -4.49. The van der Waals surface area contributed by atoms with Gasteiger partial charge < -0.3 is 10.6 Å². The lowest BCUT2D eigenvalue weighted by Gasteiger charge is -2.12. The first-order chi connectivity index (χ1) is 10.7. The summed E-state index contributed by atoms with van der Waals surface area (Å²) in [6, 6.07) is 2.43. The van der Waals surface area contributed by atoms with Crippen molar-refractivity contribution in [3.8, 4) is 0 Å². The highest BCUT2D eigenvalue weighted by Gasteiger charge is 2.33. The number of carbonyl (C=O) groups excluding carboxylic acids is 1. The van der Waals surface area contributed by atoms with Crippen molar-refractivity contribution in [1.82, 2.24) is 15.6 Å². The van der Waals surface area contributed by atoms with Crippen LogP contribution in [-0.4, -0.2) is 30.0 Å². The molecule has 1 atom stereocenters. The Morgan fingerprint density at radius 1 is 1.39 bits per heavy atom. The van der Waals surface area contributed by atoms with Gasteiger partial charge in [-0.15, -0.1) is 11.3 Å². The maximum Gasteiger partial charge on any atom is 0.433 e. The number of hydrogen-bond acceptors (Lipinski definition) is 4. The van der Waals surface area contributed by atoms with Crippen molar-refractivity contribution in [3.05, 3.63) is 28.3 Å². The van der Waals surface area contributed by atoms with Gasteiger partial charge in [0.05, 0.1) is 4.88 Å². The number of likely N-dealkylation sites (N-methyl/N-ethyl adjacent to an activating group) is 1. The quantitative estimate of drug-likeness (QED) is 0.874. The van der Waals surface area contributed by atoms with E-state index in [0.29, 0.717) is 22.4 Å². The Kier molecular flexibility index (Phi) is 5.26. The van der Waals surface area contributed by atoms with Crippen LogP contribution >= 0.6 is 11.3 Å². The molecule has 0 fully saturated rings.